The summed E-state index contributed by atoms with van der Waals surface area (Å²) < 4.78 is 24.0. The highest BCUT2D eigenvalue weighted by atomic mass is 19.1. The van der Waals surface area contributed by atoms with Crippen LogP contribution in [0, 0.1) is 5.82 Å². The molecule has 5 nitrogen and oxygen atoms in total. The molecule has 3 rings (SSSR count). The summed E-state index contributed by atoms with van der Waals surface area (Å²) in [5.41, 5.74) is 1.31. The number of carbonyl (C=O) groups excluding carboxylic acids is 1. The summed E-state index contributed by atoms with van der Waals surface area (Å²) in [7, 11) is 0. The van der Waals surface area contributed by atoms with Gasteiger partial charge in [0, 0.05) is 30.4 Å². The maximum absolute atomic E-state index is 13.0. The van der Waals surface area contributed by atoms with Gasteiger partial charge < -0.3 is 20.1 Å². The van der Waals surface area contributed by atoms with E-state index in [1.807, 2.05) is 18.2 Å². The van der Waals surface area contributed by atoms with Crippen LogP contribution in [0.4, 0.5) is 15.8 Å². The quantitative estimate of drug-likeness (QED) is 0.890. The SMILES string of the molecule is O=C(CCNc1ccc2c(c1)OCCO2)Nc1cccc(F)c1. The molecule has 1 amide bonds. The number of hydrogen-bond donors (Lipinski definition) is 2. The molecule has 23 heavy (non-hydrogen) atoms. The number of hydrogen-bond acceptors (Lipinski definition) is 4. The highest BCUT2D eigenvalue weighted by Gasteiger charge is 2.11. The second-order valence-electron chi connectivity index (χ2n) is 5.09. The monoisotopic (exact) mass is 316 g/mol. The van der Waals surface area contributed by atoms with Gasteiger partial charge >= 0.3 is 0 Å². The predicted molar refractivity (Wildman–Crippen MR) is 85.6 cm³/mol. The number of halogens is 1. The minimum Gasteiger partial charge on any atom is -0.486 e. The van der Waals surface area contributed by atoms with Gasteiger partial charge in [0.1, 0.15) is 19.0 Å². The summed E-state index contributed by atoms with van der Waals surface area (Å²) in [6, 6.07) is 11.4. The Morgan fingerprint density at radius 3 is 2.70 bits per heavy atom. The largest absolute Gasteiger partial charge is 0.486 e. The molecule has 0 aromatic heterocycles. The number of carbonyl (C=O) groups is 1. The number of fused-ring (bicyclic) bond motifs is 1. The van der Waals surface area contributed by atoms with Gasteiger partial charge in [0.25, 0.3) is 0 Å². The molecular weight excluding hydrogens is 299 g/mol. The van der Waals surface area contributed by atoms with Crippen molar-refractivity contribution in [3.8, 4) is 11.5 Å². The molecule has 0 bridgehead atoms. The first kappa shape index (κ1) is 15.1. The van der Waals surface area contributed by atoms with Crippen molar-refractivity contribution >= 4 is 17.3 Å². The maximum atomic E-state index is 13.0. The van der Waals surface area contributed by atoms with Crippen LogP contribution >= 0.6 is 0 Å². The fourth-order valence-corrected chi connectivity index (χ4v) is 2.26. The standard InChI is InChI=1S/C17H17FN2O3/c18-12-2-1-3-14(10-12)20-17(21)6-7-19-13-4-5-15-16(11-13)23-9-8-22-15/h1-5,10-11,19H,6-9H2,(H,20,21). The van der Waals surface area contributed by atoms with Crippen LogP contribution in [0.1, 0.15) is 6.42 Å². The Balaban J connectivity index is 1.48. The molecule has 120 valence electrons. The average Bonchev–Trinajstić information content (AvgIpc) is 2.55. The zero-order valence-corrected chi connectivity index (χ0v) is 12.5. The van der Waals surface area contributed by atoms with Crippen LogP contribution in [0.2, 0.25) is 0 Å². The summed E-state index contributed by atoms with van der Waals surface area (Å²) in [5, 5.41) is 5.81. The highest BCUT2D eigenvalue weighted by Crippen LogP contribution is 2.32. The molecule has 1 heterocycles. The minimum atomic E-state index is -0.378. The first-order valence-electron chi connectivity index (χ1n) is 7.40. The first-order valence-corrected chi connectivity index (χ1v) is 7.40. The molecular formula is C17H17FN2O3. The summed E-state index contributed by atoms with van der Waals surface area (Å²) in [6.45, 7) is 1.55. The zero-order chi connectivity index (χ0) is 16.1. The smallest absolute Gasteiger partial charge is 0.226 e. The van der Waals surface area contributed by atoms with Gasteiger partial charge in [0.05, 0.1) is 0 Å². The van der Waals surface area contributed by atoms with Crippen molar-refractivity contribution < 1.29 is 18.7 Å². The molecule has 0 atom stereocenters. The van der Waals surface area contributed by atoms with Crippen LogP contribution in [-0.4, -0.2) is 25.7 Å². The van der Waals surface area contributed by atoms with E-state index in [2.05, 4.69) is 10.6 Å². The predicted octanol–water partition coefficient (Wildman–Crippen LogP) is 3.04. The van der Waals surface area contributed by atoms with Gasteiger partial charge in [0.15, 0.2) is 11.5 Å². The van der Waals surface area contributed by atoms with Crippen molar-refractivity contribution in [1.82, 2.24) is 0 Å². The number of anilines is 2. The van der Waals surface area contributed by atoms with E-state index in [1.165, 1.54) is 12.1 Å². The van der Waals surface area contributed by atoms with Gasteiger partial charge in [0.2, 0.25) is 5.91 Å². The van der Waals surface area contributed by atoms with Gasteiger partial charge in [-0.25, -0.2) is 4.39 Å². The van der Waals surface area contributed by atoms with Crippen molar-refractivity contribution in [2.45, 2.75) is 6.42 Å². The summed E-state index contributed by atoms with van der Waals surface area (Å²) in [6.07, 6.45) is 0.269. The number of ether oxygens (including phenoxy) is 2. The normalized spacial score (nSPS) is 12.6. The molecule has 6 heteroatoms. The van der Waals surface area contributed by atoms with Crippen molar-refractivity contribution in [3.05, 3.63) is 48.3 Å². The van der Waals surface area contributed by atoms with Crippen molar-refractivity contribution in [3.63, 3.8) is 0 Å². The van der Waals surface area contributed by atoms with Gasteiger partial charge in [-0.15, -0.1) is 0 Å². The van der Waals surface area contributed by atoms with Gasteiger partial charge in [-0.05, 0) is 30.3 Å². The van der Waals surface area contributed by atoms with E-state index in [-0.39, 0.29) is 18.1 Å². The van der Waals surface area contributed by atoms with Crippen LogP contribution in [0.15, 0.2) is 42.5 Å². The molecule has 0 saturated heterocycles. The number of benzene rings is 2. The van der Waals surface area contributed by atoms with Crippen LogP contribution in [0.3, 0.4) is 0 Å². The molecule has 0 fully saturated rings. The summed E-state index contributed by atoms with van der Waals surface area (Å²) >= 11 is 0. The highest BCUT2D eigenvalue weighted by molar-refractivity contribution is 5.90. The van der Waals surface area contributed by atoms with Gasteiger partial charge in [-0.1, -0.05) is 6.07 Å². The number of rotatable bonds is 5. The number of nitrogens with one attached hydrogen (secondary N) is 2. The Hall–Kier alpha value is -2.76. The van der Waals surface area contributed by atoms with E-state index in [0.29, 0.717) is 31.2 Å². The molecule has 2 aromatic carbocycles. The third-order valence-corrected chi connectivity index (χ3v) is 3.33. The first-order chi connectivity index (χ1) is 11.2. The Morgan fingerprint density at radius 2 is 1.87 bits per heavy atom. The van der Waals surface area contributed by atoms with E-state index >= 15 is 0 Å². The molecule has 2 N–H and O–H groups in total. The zero-order valence-electron chi connectivity index (χ0n) is 12.5. The maximum Gasteiger partial charge on any atom is 0.226 e. The molecule has 0 aliphatic carbocycles. The molecule has 0 spiro atoms. The number of amides is 1. The lowest BCUT2D eigenvalue weighted by Gasteiger charge is -2.19. The van der Waals surface area contributed by atoms with Crippen LogP contribution in [-0.2, 0) is 4.79 Å². The molecule has 0 saturated carbocycles. The van der Waals surface area contributed by atoms with Crippen molar-refractivity contribution in [2.24, 2.45) is 0 Å². The molecule has 2 aromatic rings. The van der Waals surface area contributed by atoms with Gasteiger partial charge in [-0.3, -0.25) is 4.79 Å². The fraction of sp³-hybridized carbons (Fsp3) is 0.235. The second-order valence-corrected chi connectivity index (χ2v) is 5.09. The van der Waals surface area contributed by atoms with Gasteiger partial charge in [-0.2, -0.15) is 0 Å². The van der Waals surface area contributed by atoms with E-state index in [4.69, 9.17) is 9.47 Å². The third-order valence-electron chi connectivity index (χ3n) is 3.33. The molecule has 0 radical (unpaired) electrons. The van der Waals surface area contributed by atoms with E-state index in [9.17, 15) is 9.18 Å². The minimum absolute atomic E-state index is 0.180. The lowest BCUT2D eigenvalue weighted by molar-refractivity contribution is -0.115. The lowest BCUT2D eigenvalue weighted by Crippen LogP contribution is -2.17. The second kappa shape index (κ2) is 7.00. The van der Waals surface area contributed by atoms with E-state index in [0.717, 1.165) is 11.4 Å². The molecule has 0 unspecified atom stereocenters. The average molecular weight is 316 g/mol. The van der Waals surface area contributed by atoms with Crippen molar-refractivity contribution in [2.75, 3.05) is 30.4 Å². The summed E-state index contributed by atoms with van der Waals surface area (Å²) in [4.78, 5) is 11.8. The third kappa shape index (κ3) is 4.12. The Bertz CT molecular complexity index is 706. The lowest BCUT2D eigenvalue weighted by atomic mass is 10.2. The van der Waals surface area contributed by atoms with Crippen LogP contribution in [0.25, 0.3) is 0 Å². The topological polar surface area (TPSA) is 59.6 Å². The van der Waals surface area contributed by atoms with Crippen LogP contribution < -0.4 is 20.1 Å². The Labute approximate surface area is 133 Å². The van der Waals surface area contributed by atoms with E-state index < -0.39 is 0 Å². The summed E-state index contributed by atoms with van der Waals surface area (Å²) in [5.74, 6) is 0.869. The molecule has 1 aliphatic rings. The fourth-order valence-electron chi connectivity index (χ4n) is 2.26. The Morgan fingerprint density at radius 1 is 1.04 bits per heavy atom. The van der Waals surface area contributed by atoms with Crippen molar-refractivity contribution in [1.29, 1.82) is 0 Å². The van der Waals surface area contributed by atoms with Crippen LogP contribution in [0.5, 0.6) is 11.5 Å². The van der Waals surface area contributed by atoms with E-state index in [1.54, 1.807) is 12.1 Å². The molecule has 1 aliphatic heterocycles. The Kier molecular flexibility index (Phi) is 4.61.